The summed E-state index contributed by atoms with van der Waals surface area (Å²) in [4.78, 5) is 14.7. The van der Waals surface area contributed by atoms with Crippen molar-refractivity contribution in [1.29, 1.82) is 0 Å². The van der Waals surface area contributed by atoms with E-state index in [0.29, 0.717) is 33.9 Å². The van der Waals surface area contributed by atoms with Crippen molar-refractivity contribution >= 4 is 29.0 Å². The van der Waals surface area contributed by atoms with Gasteiger partial charge in [-0.15, -0.1) is 0 Å². The highest BCUT2D eigenvalue weighted by molar-refractivity contribution is 6.43. The van der Waals surface area contributed by atoms with Crippen LogP contribution in [-0.4, -0.2) is 30.3 Å². The highest BCUT2D eigenvalue weighted by Crippen LogP contribution is 2.26. The maximum atomic E-state index is 12.3. The summed E-state index contributed by atoms with van der Waals surface area (Å²) in [5.74, 6) is 1.24. The third-order valence-electron chi connectivity index (χ3n) is 3.15. The van der Waals surface area contributed by atoms with E-state index in [1.807, 2.05) is 0 Å². The minimum Gasteiger partial charge on any atom is -0.302 e. The lowest BCUT2D eigenvalue weighted by molar-refractivity contribution is 0.0957. The highest BCUT2D eigenvalue weighted by atomic mass is 35.5. The standard InChI is InChI=1S/C17H25Cl2NO/c1-12(2)10-20(11-13(3)4)9-8-16(21)14-6-5-7-15(18)17(14)19/h5-7,12-13H,8-11H2,1-4H3. The molecule has 2 nitrogen and oxygen atoms in total. The van der Waals surface area contributed by atoms with Crippen molar-refractivity contribution in [2.24, 2.45) is 11.8 Å². The van der Waals surface area contributed by atoms with Crippen molar-refractivity contribution in [2.45, 2.75) is 34.1 Å². The number of carbonyl (C=O) groups is 1. The number of rotatable bonds is 8. The highest BCUT2D eigenvalue weighted by Gasteiger charge is 2.15. The number of ketones is 1. The fourth-order valence-corrected chi connectivity index (χ4v) is 2.81. The topological polar surface area (TPSA) is 20.3 Å². The summed E-state index contributed by atoms with van der Waals surface area (Å²) in [5.41, 5.74) is 0.526. The molecule has 0 aliphatic rings. The van der Waals surface area contributed by atoms with E-state index in [0.717, 1.165) is 19.6 Å². The second-order valence-corrected chi connectivity index (χ2v) is 7.11. The van der Waals surface area contributed by atoms with Gasteiger partial charge in [0.1, 0.15) is 0 Å². The van der Waals surface area contributed by atoms with Crippen LogP contribution in [0.3, 0.4) is 0 Å². The van der Waals surface area contributed by atoms with Crippen molar-refractivity contribution in [3.8, 4) is 0 Å². The zero-order valence-corrected chi connectivity index (χ0v) is 14.8. The molecule has 0 fully saturated rings. The van der Waals surface area contributed by atoms with E-state index in [9.17, 15) is 4.79 Å². The predicted molar refractivity (Wildman–Crippen MR) is 91.5 cm³/mol. The molecule has 0 aliphatic carbocycles. The van der Waals surface area contributed by atoms with Gasteiger partial charge in [0.25, 0.3) is 0 Å². The Morgan fingerprint density at radius 1 is 1.10 bits per heavy atom. The number of benzene rings is 1. The first kappa shape index (κ1) is 18.5. The molecular formula is C17H25Cl2NO. The first-order valence-electron chi connectivity index (χ1n) is 7.50. The zero-order valence-electron chi connectivity index (χ0n) is 13.3. The van der Waals surface area contributed by atoms with Crippen LogP contribution in [0.4, 0.5) is 0 Å². The maximum absolute atomic E-state index is 12.3. The Labute approximate surface area is 138 Å². The lowest BCUT2D eigenvalue weighted by Gasteiger charge is -2.25. The molecule has 0 saturated carbocycles. The van der Waals surface area contributed by atoms with Crippen molar-refractivity contribution in [3.63, 3.8) is 0 Å². The molecule has 21 heavy (non-hydrogen) atoms. The quantitative estimate of drug-likeness (QED) is 0.612. The largest absolute Gasteiger partial charge is 0.302 e. The van der Waals surface area contributed by atoms with Crippen molar-refractivity contribution in [3.05, 3.63) is 33.8 Å². The molecule has 0 radical (unpaired) electrons. The molecule has 0 atom stereocenters. The Bertz CT molecular complexity index is 462. The second kappa shape index (κ2) is 8.77. The van der Waals surface area contributed by atoms with Gasteiger partial charge in [-0.05, 0) is 24.0 Å². The minimum absolute atomic E-state index is 0.0556. The van der Waals surface area contributed by atoms with E-state index in [1.165, 1.54) is 0 Å². The summed E-state index contributed by atoms with van der Waals surface area (Å²) in [6, 6.07) is 5.21. The molecular weight excluding hydrogens is 305 g/mol. The molecule has 1 rings (SSSR count). The lowest BCUT2D eigenvalue weighted by Crippen LogP contribution is -2.33. The first-order valence-corrected chi connectivity index (χ1v) is 8.26. The van der Waals surface area contributed by atoms with Crippen LogP contribution in [0.25, 0.3) is 0 Å². The number of hydrogen-bond donors (Lipinski definition) is 0. The van der Waals surface area contributed by atoms with Crippen LogP contribution >= 0.6 is 23.2 Å². The van der Waals surface area contributed by atoms with Crippen LogP contribution in [0.1, 0.15) is 44.5 Å². The molecule has 0 spiro atoms. The van der Waals surface area contributed by atoms with Gasteiger partial charge in [-0.3, -0.25) is 4.79 Å². The Balaban J connectivity index is 2.66. The predicted octanol–water partition coefficient (Wildman–Crippen LogP) is 5.18. The molecule has 0 N–H and O–H groups in total. The molecule has 0 saturated heterocycles. The minimum atomic E-state index is 0.0556. The van der Waals surface area contributed by atoms with Crippen LogP contribution in [0.2, 0.25) is 10.0 Å². The zero-order chi connectivity index (χ0) is 16.0. The smallest absolute Gasteiger partial charge is 0.165 e. The van der Waals surface area contributed by atoms with E-state index >= 15 is 0 Å². The Kier molecular flexibility index (Phi) is 7.72. The van der Waals surface area contributed by atoms with Gasteiger partial charge in [0, 0.05) is 31.6 Å². The maximum Gasteiger partial charge on any atom is 0.165 e. The summed E-state index contributed by atoms with van der Waals surface area (Å²) in [6.07, 6.45) is 0.472. The first-order chi connectivity index (χ1) is 9.81. The van der Waals surface area contributed by atoms with E-state index in [2.05, 4.69) is 32.6 Å². The molecule has 118 valence electrons. The normalized spacial score (nSPS) is 11.7. The molecule has 1 aromatic carbocycles. The van der Waals surface area contributed by atoms with Crippen LogP contribution in [0.5, 0.6) is 0 Å². The third kappa shape index (κ3) is 6.37. The summed E-state index contributed by atoms with van der Waals surface area (Å²) in [6.45, 7) is 11.6. The van der Waals surface area contributed by atoms with Crippen LogP contribution < -0.4 is 0 Å². The molecule has 0 amide bonds. The molecule has 1 aromatic rings. The van der Waals surface area contributed by atoms with Gasteiger partial charge in [0.15, 0.2) is 5.78 Å². The monoisotopic (exact) mass is 329 g/mol. The molecule has 0 unspecified atom stereocenters. The Morgan fingerprint density at radius 3 is 2.19 bits per heavy atom. The van der Waals surface area contributed by atoms with Crippen molar-refractivity contribution in [2.75, 3.05) is 19.6 Å². The molecule has 0 heterocycles. The second-order valence-electron chi connectivity index (χ2n) is 6.32. The number of nitrogens with zero attached hydrogens (tertiary/aromatic N) is 1. The van der Waals surface area contributed by atoms with Crippen LogP contribution in [0, 0.1) is 11.8 Å². The van der Waals surface area contributed by atoms with Gasteiger partial charge in [0.2, 0.25) is 0 Å². The average molecular weight is 330 g/mol. The number of hydrogen-bond acceptors (Lipinski definition) is 2. The summed E-state index contributed by atoms with van der Waals surface area (Å²) >= 11 is 12.1. The average Bonchev–Trinajstić information content (AvgIpc) is 2.37. The van der Waals surface area contributed by atoms with E-state index in [4.69, 9.17) is 23.2 Å². The Hall–Kier alpha value is -0.570. The van der Waals surface area contributed by atoms with Gasteiger partial charge >= 0.3 is 0 Å². The summed E-state index contributed by atoms with van der Waals surface area (Å²) in [5, 5.41) is 0.798. The van der Waals surface area contributed by atoms with Gasteiger partial charge in [0.05, 0.1) is 10.0 Å². The third-order valence-corrected chi connectivity index (χ3v) is 3.97. The Morgan fingerprint density at radius 2 is 1.67 bits per heavy atom. The lowest BCUT2D eigenvalue weighted by atomic mass is 10.1. The van der Waals surface area contributed by atoms with Gasteiger partial charge in [-0.2, -0.15) is 0 Å². The van der Waals surface area contributed by atoms with Crippen LogP contribution in [0.15, 0.2) is 18.2 Å². The number of carbonyl (C=O) groups excluding carboxylic acids is 1. The van der Waals surface area contributed by atoms with E-state index < -0.39 is 0 Å². The fraction of sp³-hybridized carbons (Fsp3) is 0.588. The molecule has 0 aliphatic heterocycles. The molecule has 4 heteroatoms. The number of halogens is 2. The van der Waals surface area contributed by atoms with Crippen LogP contribution in [-0.2, 0) is 0 Å². The van der Waals surface area contributed by atoms with Crippen molar-refractivity contribution in [1.82, 2.24) is 4.90 Å². The van der Waals surface area contributed by atoms with Gasteiger partial charge in [-0.25, -0.2) is 0 Å². The summed E-state index contributed by atoms with van der Waals surface area (Å²) < 4.78 is 0. The molecule has 0 bridgehead atoms. The van der Waals surface area contributed by atoms with E-state index in [1.54, 1.807) is 18.2 Å². The number of Topliss-reactive ketones (excluding diaryl/α,β-unsaturated/α-hetero) is 1. The van der Waals surface area contributed by atoms with E-state index in [-0.39, 0.29) is 5.78 Å². The SMILES string of the molecule is CC(C)CN(CCC(=O)c1cccc(Cl)c1Cl)CC(C)C. The van der Waals surface area contributed by atoms with Gasteiger partial charge < -0.3 is 4.90 Å². The van der Waals surface area contributed by atoms with Gasteiger partial charge in [-0.1, -0.05) is 57.0 Å². The molecule has 0 aromatic heterocycles. The van der Waals surface area contributed by atoms with Crippen molar-refractivity contribution < 1.29 is 4.79 Å². The summed E-state index contributed by atoms with van der Waals surface area (Å²) in [7, 11) is 0. The fourth-order valence-electron chi connectivity index (χ4n) is 2.40.